The highest BCUT2D eigenvalue weighted by atomic mass is 16.5. The van der Waals surface area contributed by atoms with Gasteiger partial charge in [0.15, 0.2) is 0 Å². The molecular formula is C15H20N2O4. The van der Waals surface area contributed by atoms with Crippen molar-refractivity contribution in [2.24, 2.45) is 5.92 Å². The van der Waals surface area contributed by atoms with E-state index in [2.05, 4.69) is 10.6 Å². The maximum absolute atomic E-state index is 12.0. The second-order valence-electron chi connectivity index (χ2n) is 5.28. The molecule has 3 atom stereocenters. The molecule has 1 heterocycles. The highest BCUT2D eigenvalue weighted by Gasteiger charge is 2.35. The van der Waals surface area contributed by atoms with E-state index in [-0.39, 0.29) is 25.3 Å². The van der Waals surface area contributed by atoms with Crippen LogP contribution in [0, 0.1) is 12.8 Å². The fourth-order valence-corrected chi connectivity index (χ4v) is 2.50. The Balaban J connectivity index is 1.93. The molecule has 3 unspecified atom stereocenters. The van der Waals surface area contributed by atoms with Gasteiger partial charge >= 0.3 is 12.0 Å². The molecule has 1 aliphatic heterocycles. The first-order valence-electron chi connectivity index (χ1n) is 6.92. The van der Waals surface area contributed by atoms with Gasteiger partial charge in [-0.1, -0.05) is 24.3 Å². The Morgan fingerprint density at radius 2 is 2.05 bits per heavy atom. The number of ether oxygens (including phenoxy) is 1. The maximum atomic E-state index is 12.0. The number of hydrogen-bond acceptors (Lipinski definition) is 3. The minimum Gasteiger partial charge on any atom is -0.481 e. The van der Waals surface area contributed by atoms with Gasteiger partial charge in [-0.2, -0.15) is 0 Å². The molecule has 0 aromatic heterocycles. The number of aryl methyl sites for hydroxylation is 1. The van der Waals surface area contributed by atoms with Gasteiger partial charge < -0.3 is 20.5 Å². The van der Waals surface area contributed by atoms with Crippen molar-refractivity contribution in [1.29, 1.82) is 0 Å². The third-order valence-electron chi connectivity index (χ3n) is 3.72. The fraction of sp³-hybridized carbons (Fsp3) is 0.467. The molecular weight excluding hydrogens is 272 g/mol. The van der Waals surface area contributed by atoms with Crippen molar-refractivity contribution in [1.82, 2.24) is 10.6 Å². The highest BCUT2D eigenvalue weighted by Crippen LogP contribution is 2.17. The number of amides is 2. The summed E-state index contributed by atoms with van der Waals surface area (Å²) >= 11 is 0. The van der Waals surface area contributed by atoms with E-state index >= 15 is 0 Å². The molecule has 1 fully saturated rings. The van der Waals surface area contributed by atoms with Gasteiger partial charge in [-0.25, -0.2) is 4.79 Å². The lowest BCUT2D eigenvalue weighted by Gasteiger charge is -2.20. The molecule has 114 valence electrons. The van der Waals surface area contributed by atoms with E-state index in [4.69, 9.17) is 9.84 Å². The molecule has 0 aliphatic carbocycles. The Morgan fingerprint density at radius 3 is 2.71 bits per heavy atom. The first-order chi connectivity index (χ1) is 9.99. The predicted octanol–water partition coefficient (Wildman–Crippen LogP) is 1.45. The van der Waals surface area contributed by atoms with Crippen LogP contribution in [-0.4, -0.2) is 36.4 Å². The van der Waals surface area contributed by atoms with Crippen molar-refractivity contribution < 1.29 is 19.4 Å². The first-order valence-corrected chi connectivity index (χ1v) is 6.92. The Bertz CT molecular complexity index is 532. The number of benzene rings is 1. The Labute approximate surface area is 123 Å². The van der Waals surface area contributed by atoms with Crippen LogP contribution in [0.1, 0.15) is 24.1 Å². The quantitative estimate of drug-likeness (QED) is 0.784. The molecule has 0 spiro atoms. The SMILES string of the molecule is Cc1ccccc1C(C)NC(=O)NC1COCC1C(=O)O. The van der Waals surface area contributed by atoms with E-state index in [0.717, 1.165) is 11.1 Å². The summed E-state index contributed by atoms with van der Waals surface area (Å²) in [6.45, 7) is 4.23. The van der Waals surface area contributed by atoms with Crippen LogP contribution in [0.3, 0.4) is 0 Å². The van der Waals surface area contributed by atoms with Crippen molar-refractivity contribution in [2.45, 2.75) is 25.9 Å². The molecule has 21 heavy (non-hydrogen) atoms. The summed E-state index contributed by atoms with van der Waals surface area (Å²) in [4.78, 5) is 23.0. The predicted molar refractivity (Wildman–Crippen MR) is 77.0 cm³/mol. The van der Waals surface area contributed by atoms with Crippen LogP contribution in [0.2, 0.25) is 0 Å². The van der Waals surface area contributed by atoms with E-state index in [1.807, 2.05) is 38.1 Å². The molecule has 2 rings (SSSR count). The molecule has 6 heteroatoms. The average Bonchev–Trinajstić information content (AvgIpc) is 2.87. The average molecular weight is 292 g/mol. The number of urea groups is 1. The lowest BCUT2D eigenvalue weighted by atomic mass is 10.0. The van der Waals surface area contributed by atoms with E-state index in [0.29, 0.717) is 0 Å². The lowest BCUT2D eigenvalue weighted by Crippen LogP contribution is -2.47. The van der Waals surface area contributed by atoms with E-state index in [9.17, 15) is 9.59 Å². The zero-order valence-corrected chi connectivity index (χ0v) is 12.1. The molecule has 1 aliphatic rings. The fourth-order valence-electron chi connectivity index (χ4n) is 2.50. The summed E-state index contributed by atoms with van der Waals surface area (Å²) in [5.74, 6) is -1.64. The van der Waals surface area contributed by atoms with Gasteiger partial charge in [-0.05, 0) is 25.0 Å². The standard InChI is InChI=1S/C15H20N2O4/c1-9-5-3-4-6-11(9)10(2)16-15(20)17-13-8-21-7-12(13)14(18)19/h3-6,10,12-13H,7-8H2,1-2H3,(H,18,19)(H2,16,17,20). The van der Waals surface area contributed by atoms with Crippen LogP contribution < -0.4 is 10.6 Å². The number of nitrogens with one attached hydrogen (secondary N) is 2. The monoisotopic (exact) mass is 292 g/mol. The molecule has 0 radical (unpaired) electrons. The molecule has 0 saturated carbocycles. The Morgan fingerprint density at radius 1 is 1.33 bits per heavy atom. The highest BCUT2D eigenvalue weighted by molar-refractivity contribution is 5.77. The van der Waals surface area contributed by atoms with Gasteiger partial charge in [0, 0.05) is 0 Å². The van der Waals surface area contributed by atoms with Crippen LogP contribution in [-0.2, 0) is 9.53 Å². The van der Waals surface area contributed by atoms with Crippen LogP contribution in [0.25, 0.3) is 0 Å². The topological polar surface area (TPSA) is 87.7 Å². The van der Waals surface area contributed by atoms with Gasteiger partial charge in [0.1, 0.15) is 5.92 Å². The third kappa shape index (κ3) is 3.72. The molecule has 3 N–H and O–H groups in total. The lowest BCUT2D eigenvalue weighted by molar-refractivity contribution is -0.142. The number of hydrogen-bond donors (Lipinski definition) is 3. The van der Waals surface area contributed by atoms with Crippen molar-refractivity contribution in [2.75, 3.05) is 13.2 Å². The third-order valence-corrected chi connectivity index (χ3v) is 3.72. The second-order valence-corrected chi connectivity index (χ2v) is 5.28. The maximum Gasteiger partial charge on any atom is 0.315 e. The summed E-state index contributed by atoms with van der Waals surface area (Å²) in [7, 11) is 0. The number of aliphatic carboxylic acids is 1. The number of carboxylic acid groups (broad SMARTS) is 1. The van der Waals surface area contributed by atoms with E-state index in [1.54, 1.807) is 0 Å². The van der Waals surface area contributed by atoms with Gasteiger partial charge in [0.05, 0.1) is 25.3 Å². The Hall–Kier alpha value is -2.08. The first kappa shape index (κ1) is 15.3. The second kappa shape index (κ2) is 6.58. The molecule has 1 aromatic rings. The number of rotatable bonds is 4. The summed E-state index contributed by atoms with van der Waals surface area (Å²) in [6, 6.07) is 6.77. The summed E-state index contributed by atoms with van der Waals surface area (Å²) in [5, 5.41) is 14.5. The summed E-state index contributed by atoms with van der Waals surface area (Å²) in [5.41, 5.74) is 2.13. The molecule has 2 amide bonds. The van der Waals surface area contributed by atoms with Crippen molar-refractivity contribution in [3.8, 4) is 0 Å². The van der Waals surface area contributed by atoms with Gasteiger partial charge in [-0.3, -0.25) is 4.79 Å². The van der Waals surface area contributed by atoms with E-state index in [1.165, 1.54) is 0 Å². The number of carbonyl (C=O) groups excluding carboxylic acids is 1. The molecule has 1 aromatic carbocycles. The van der Waals surface area contributed by atoms with Crippen LogP contribution >= 0.6 is 0 Å². The van der Waals surface area contributed by atoms with Crippen molar-refractivity contribution in [3.63, 3.8) is 0 Å². The summed E-state index contributed by atoms with van der Waals surface area (Å²) < 4.78 is 5.12. The van der Waals surface area contributed by atoms with Gasteiger partial charge in [0.2, 0.25) is 0 Å². The number of carbonyl (C=O) groups is 2. The van der Waals surface area contributed by atoms with Crippen LogP contribution in [0.4, 0.5) is 4.79 Å². The normalized spacial score (nSPS) is 22.6. The van der Waals surface area contributed by atoms with Crippen LogP contribution in [0.15, 0.2) is 24.3 Å². The van der Waals surface area contributed by atoms with Crippen LogP contribution in [0.5, 0.6) is 0 Å². The molecule has 1 saturated heterocycles. The number of carboxylic acids is 1. The minimum atomic E-state index is -0.954. The zero-order valence-electron chi connectivity index (χ0n) is 12.1. The largest absolute Gasteiger partial charge is 0.481 e. The van der Waals surface area contributed by atoms with E-state index < -0.39 is 17.9 Å². The van der Waals surface area contributed by atoms with Crippen molar-refractivity contribution >= 4 is 12.0 Å². The van der Waals surface area contributed by atoms with Gasteiger partial charge in [-0.15, -0.1) is 0 Å². The van der Waals surface area contributed by atoms with Gasteiger partial charge in [0.25, 0.3) is 0 Å². The molecule has 6 nitrogen and oxygen atoms in total. The smallest absolute Gasteiger partial charge is 0.315 e. The minimum absolute atomic E-state index is 0.133. The zero-order chi connectivity index (χ0) is 15.4. The molecule has 0 bridgehead atoms. The Kier molecular flexibility index (Phi) is 4.80. The summed E-state index contributed by atoms with van der Waals surface area (Å²) in [6.07, 6.45) is 0. The van der Waals surface area contributed by atoms with Crippen molar-refractivity contribution in [3.05, 3.63) is 35.4 Å².